The minimum absolute atomic E-state index is 0.0956. The van der Waals surface area contributed by atoms with Crippen molar-refractivity contribution in [2.75, 3.05) is 31.1 Å². The number of halogens is 3. The summed E-state index contributed by atoms with van der Waals surface area (Å²) >= 11 is 0. The van der Waals surface area contributed by atoms with E-state index in [0.29, 0.717) is 31.0 Å². The van der Waals surface area contributed by atoms with Crippen molar-refractivity contribution in [3.05, 3.63) is 23.9 Å². The topological polar surface area (TPSA) is 42.1 Å². The molecule has 2 fully saturated rings. The molecule has 1 amide bonds. The second-order valence-electron chi connectivity index (χ2n) is 8.20. The summed E-state index contributed by atoms with van der Waals surface area (Å²) in [5, 5.41) is 0. The average molecular weight is 400 g/mol. The lowest BCUT2D eigenvalue weighted by Crippen LogP contribution is -3.19. The third kappa shape index (κ3) is 4.42. The standard InChI is InChI=1S/C20H29F3N4O/c1-14-5-4-6-15(2)27(14)19(28)16(3)25-9-11-26(12-10-25)18-8-7-17(13-24-18)20(21,22)23/h7-8,13-16H,4-6,9-12H2,1-3H3/p+2/t14-,15-,16+/m0/s1. The number of hydrogen-bond donors (Lipinski definition) is 1. The van der Waals surface area contributed by atoms with E-state index in [4.69, 9.17) is 0 Å². The molecule has 0 spiro atoms. The highest BCUT2D eigenvalue weighted by Gasteiger charge is 2.39. The fraction of sp³-hybridized carbons (Fsp3) is 0.700. The molecule has 0 radical (unpaired) electrons. The molecule has 0 bridgehead atoms. The van der Waals surface area contributed by atoms with Crippen molar-refractivity contribution in [3.63, 3.8) is 0 Å². The summed E-state index contributed by atoms with van der Waals surface area (Å²) in [5.41, 5.74) is -0.676. The summed E-state index contributed by atoms with van der Waals surface area (Å²) in [7, 11) is 0. The van der Waals surface area contributed by atoms with Crippen LogP contribution in [0.3, 0.4) is 0 Å². The van der Waals surface area contributed by atoms with Crippen LogP contribution in [0, 0.1) is 0 Å². The molecule has 0 aromatic carbocycles. The Morgan fingerprint density at radius 1 is 1.18 bits per heavy atom. The molecule has 156 valence electrons. The highest BCUT2D eigenvalue weighted by molar-refractivity contribution is 5.80. The normalized spacial score (nSPS) is 25.6. The fourth-order valence-corrected chi connectivity index (χ4v) is 4.51. The number of nitrogens with one attached hydrogen (secondary N) is 2. The van der Waals surface area contributed by atoms with Crippen LogP contribution in [0.1, 0.15) is 45.6 Å². The number of carbonyl (C=O) groups excluding carboxylic acids is 1. The van der Waals surface area contributed by atoms with Crippen LogP contribution in [0.5, 0.6) is 0 Å². The summed E-state index contributed by atoms with van der Waals surface area (Å²) in [6.45, 7) is 9.27. The zero-order chi connectivity index (χ0) is 20.5. The van der Waals surface area contributed by atoms with Crippen molar-refractivity contribution in [2.45, 2.75) is 64.3 Å². The minimum Gasteiger partial charge on any atom is -0.332 e. The van der Waals surface area contributed by atoms with Crippen molar-refractivity contribution in [1.82, 2.24) is 4.90 Å². The Kier molecular flexibility index (Phi) is 6.17. The minimum atomic E-state index is -4.34. The zero-order valence-corrected chi connectivity index (χ0v) is 16.9. The van der Waals surface area contributed by atoms with Crippen LogP contribution < -0.4 is 14.8 Å². The molecule has 3 heterocycles. The lowest BCUT2D eigenvalue weighted by molar-refractivity contribution is -0.915. The van der Waals surface area contributed by atoms with E-state index in [2.05, 4.69) is 23.7 Å². The van der Waals surface area contributed by atoms with Gasteiger partial charge in [0.2, 0.25) is 0 Å². The van der Waals surface area contributed by atoms with Gasteiger partial charge in [0.05, 0.1) is 5.56 Å². The number of pyridine rings is 1. The second-order valence-corrected chi connectivity index (χ2v) is 8.20. The molecule has 3 rings (SSSR count). The summed E-state index contributed by atoms with van der Waals surface area (Å²) in [6, 6.07) is 3.08. The first-order valence-corrected chi connectivity index (χ1v) is 10.2. The largest absolute Gasteiger partial charge is 0.419 e. The summed E-state index contributed by atoms with van der Waals surface area (Å²) in [5.74, 6) is 0.911. The number of quaternary nitrogens is 1. The summed E-state index contributed by atoms with van der Waals surface area (Å²) < 4.78 is 38.1. The SMILES string of the molecule is C[C@H](C(=O)N1[C@@H](C)CCC[C@@H]1C)[NH+]1CCN(c2ccc(C(F)(F)F)c[nH+]2)CC1. The molecule has 28 heavy (non-hydrogen) atoms. The van der Waals surface area contributed by atoms with Crippen LogP contribution in [-0.2, 0) is 11.0 Å². The number of amides is 1. The molecule has 3 atom stereocenters. The first-order chi connectivity index (χ1) is 13.2. The molecule has 0 saturated carbocycles. The van der Waals surface area contributed by atoms with Crippen LogP contribution in [0.2, 0.25) is 0 Å². The van der Waals surface area contributed by atoms with E-state index in [1.165, 1.54) is 17.4 Å². The van der Waals surface area contributed by atoms with Gasteiger partial charge in [0, 0.05) is 18.2 Å². The third-order valence-electron chi connectivity index (χ3n) is 6.30. The average Bonchev–Trinajstić information content (AvgIpc) is 2.67. The Balaban J connectivity index is 1.58. The van der Waals surface area contributed by atoms with E-state index in [9.17, 15) is 18.0 Å². The Bertz CT molecular complexity index is 661. The van der Waals surface area contributed by atoms with Crippen molar-refractivity contribution in [2.24, 2.45) is 0 Å². The maximum Gasteiger partial charge on any atom is 0.419 e. The number of aromatic amines is 1. The molecule has 2 aliphatic rings. The summed E-state index contributed by atoms with van der Waals surface area (Å²) in [6.07, 6.45) is -0.0166. The summed E-state index contributed by atoms with van der Waals surface area (Å²) in [4.78, 5) is 21.2. The van der Waals surface area contributed by atoms with Crippen LogP contribution in [-0.4, -0.2) is 55.1 Å². The van der Waals surface area contributed by atoms with Gasteiger partial charge in [0.1, 0.15) is 32.4 Å². The Hall–Kier alpha value is -1.83. The van der Waals surface area contributed by atoms with Crippen LogP contribution in [0.4, 0.5) is 19.0 Å². The van der Waals surface area contributed by atoms with Crippen molar-refractivity contribution in [3.8, 4) is 0 Å². The Morgan fingerprint density at radius 2 is 1.79 bits per heavy atom. The van der Waals surface area contributed by atoms with Gasteiger partial charge in [0.15, 0.2) is 6.04 Å². The van der Waals surface area contributed by atoms with Gasteiger partial charge in [-0.25, -0.2) is 4.98 Å². The number of rotatable bonds is 3. The molecule has 1 aromatic rings. The van der Waals surface area contributed by atoms with Gasteiger partial charge >= 0.3 is 6.18 Å². The molecule has 2 saturated heterocycles. The molecular formula is C20H31F3N4O+2. The van der Waals surface area contributed by atoms with Crippen molar-refractivity contribution >= 4 is 11.7 Å². The van der Waals surface area contributed by atoms with E-state index < -0.39 is 11.7 Å². The second kappa shape index (κ2) is 8.27. The van der Waals surface area contributed by atoms with E-state index in [-0.39, 0.29) is 11.9 Å². The van der Waals surface area contributed by atoms with Crippen molar-refractivity contribution in [1.29, 1.82) is 0 Å². The number of piperidine rings is 1. The van der Waals surface area contributed by atoms with Crippen LogP contribution in [0.25, 0.3) is 0 Å². The van der Waals surface area contributed by atoms with E-state index in [1.54, 1.807) is 0 Å². The number of hydrogen-bond acceptors (Lipinski definition) is 2. The molecule has 0 unspecified atom stereocenters. The molecule has 2 aliphatic heterocycles. The predicted molar refractivity (Wildman–Crippen MR) is 100.0 cm³/mol. The molecule has 1 aromatic heterocycles. The van der Waals surface area contributed by atoms with Gasteiger partial charge < -0.3 is 9.80 Å². The monoisotopic (exact) mass is 400 g/mol. The Labute approximate surface area is 164 Å². The maximum absolute atomic E-state index is 13.1. The number of carbonyl (C=O) groups is 1. The number of likely N-dealkylation sites (tertiary alicyclic amines) is 1. The highest BCUT2D eigenvalue weighted by Crippen LogP contribution is 2.28. The quantitative estimate of drug-likeness (QED) is 0.834. The molecule has 5 nitrogen and oxygen atoms in total. The zero-order valence-electron chi connectivity index (χ0n) is 16.9. The Morgan fingerprint density at radius 3 is 2.29 bits per heavy atom. The number of anilines is 1. The van der Waals surface area contributed by atoms with Gasteiger partial charge in [-0.15, -0.1) is 0 Å². The van der Waals surface area contributed by atoms with Crippen LogP contribution in [0.15, 0.2) is 18.3 Å². The molecular weight excluding hydrogens is 369 g/mol. The first kappa shape index (κ1) is 20.9. The van der Waals surface area contributed by atoms with Gasteiger partial charge in [-0.2, -0.15) is 13.2 Å². The van der Waals surface area contributed by atoms with Gasteiger partial charge in [-0.05, 0) is 46.1 Å². The van der Waals surface area contributed by atoms with Gasteiger partial charge in [0.25, 0.3) is 11.7 Å². The van der Waals surface area contributed by atoms with Gasteiger partial charge in [-0.3, -0.25) is 9.69 Å². The van der Waals surface area contributed by atoms with E-state index in [1.807, 2.05) is 11.8 Å². The number of alkyl halides is 3. The molecule has 8 heteroatoms. The van der Waals surface area contributed by atoms with Gasteiger partial charge in [-0.1, -0.05) is 0 Å². The predicted octanol–water partition coefficient (Wildman–Crippen LogP) is 1.40. The molecule has 2 N–H and O–H groups in total. The van der Waals surface area contributed by atoms with Crippen molar-refractivity contribution < 1.29 is 27.8 Å². The van der Waals surface area contributed by atoms with Crippen LogP contribution >= 0.6 is 0 Å². The first-order valence-electron chi connectivity index (χ1n) is 10.2. The fourth-order valence-electron chi connectivity index (χ4n) is 4.51. The number of H-pyrrole nitrogens is 1. The lowest BCUT2D eigenvalue weighted by atomic mass is 9.96. The highest BCUT2D eigenvalue weighted by atomic mass is 19.4. The third-order valence-corrected chi connectivity index (χ3v) is 6.30. The number of piperazine rings is 1. The lowest BCUT2D eigenvalue weighted by Gasteiger charge is -2.41. The van der Waals surface area contributed by atoms with E-state index in [0.717, 1.165) is 38.2 Å². The number of nitrogens with zero attached hydrogens (tertiary/aromatic N) is 2. The molecule has 0 aliphatic carbocycles. The maximum atomic E-state index is 13.1. The smallest absolute Gasteiger partial charge is 0.332 e. The van der Waals surface area contributed by atoms with E-state index >= 15 is 0 Å². The number of aromatic nitrogens is 1.